The Labute approximate surface area is 158 Å². The molecular weight excluding hydrogens is 348 g/mol. The maximum Gasteiger partial charge on any atom is 0.335 e. The van der Waals surface area contributed by atoms with Gasteiger partial charge in [0.15, 0.2) is 11.0 Å². The molecule has 2 rings (SSSR count). The third kappa shape index (κ3) is 5.02. The van der Waals surface area contributed by atoms with Crippen LogP contribution < -0.4 is 5.56 Å². The minimum Gasteiger partial charge on any atom is -0.438 e. The van der Waals surface area contributed by atoms with Gasteiger partial charge in [-0.1, -0.05) is 56.7 Å². The van der Waals surface area contributed by atoms with E-state index < -0.39 is 12.2 Å². The molecule has 0 saturated carbocycles. The lowest BCUT2D eigenvalue weighted by atomic mass is 10.1. The summed E-state index contributed by atoms with van der Waals surface area (Å²) in [6.45, 7) is 7.36. The zero-order valence-electron chi connectivity index (χ0n) is 15.2. The number of aromatic amines is 1. The third-order valence-electron chi connectivity index (χ3n) is 3.98. The van der Waals surface area contributed by atoms with Crippen molar-refractivity contribution in [3.8, 4) is 11.3 Å². The van der Waals surface area contributed by atoms with E-state index in [0.29, 0.717) is 17.7 Å². The molecule has 0 radical (unpaired) electrons. The summed E-state index contributed by atoms with van der Waals surface area (Å²) in [5, 5.41) is 0. The fraction of sp³-hybridized carbons (Fsp3) is 0.350. The van der Waals surface area contributed by atoms with Crippen LogP contribution in [0.3, 0.4) is 0 Å². The molecule has 1 heterocycles. The second kappa shape index (κ2) is 9.29. The summed E-state index contributed by atoms with van der Waals surface area (Å²) in [6, 6.07) is 10.9. The minimum atomic E-state index is -0.606. The quantitative estimate of drug-likeness (QED) is 0.314. The van der Waals surface area contributed by atoms with Crippen molar-refractivity contribution < 1.29 is 9.53 Å². The first-order valence-electron chi connectivity index (χ1n) is 8.71. The fourth-order valence-corrected chi connectivity index (χ4v) is 2.97. The minimum absolute atomic E-state index is 0.229. The number of hydrogen-bond acceptors (Lipinski definition) is 4. The highest BCUT2D eigenvalue weighted by Gasteiger charge is 2.20. The van der Waals surface area contributed by atoms with Gasteiger partial charge in [-0.2, -0.15) is 0 Å². The zero-order valence-corrected chi connectivity index (χ0v) is 16.0. The van der Waals surface area contributed by atoms with E-state index in [2.05, 4.69) is 18.5 Å². The van der Waals surface area contributed by atoms with Gasteiger partial charge in [0.2, 0.25) is 0 Å². The number of H-pyrrole nitrogens is 1. The van der Waals surface area contributed by atoms with Crippen molar-refractivity contribution in [1.82, 2.24) is 9.55 Å². The summed E-state index contributed by atoms with van der Waals surface area (Å²) in [7, 11) is 0. The summed E-state index contributed by atoms with van der Waals surface area (Å²) in [5.74, 6) is -0.474. The molecule has 26 heavy (non-hydrogen) atoms. The molecule has 138 valence electrons. The smallest absolute Gasteiger partial charge is 0.335 e. The van der Waals surface area contributed by atoms with Gasteiger partial charge >= 0.3 is 5.97 Å². The van der Waals surface area contributed by atoms with E-state index in [1.807, 2.05) is 30.3 Å². The maximum absolute atomic E-state index is 12.1. The van der Waals surface area contributed by atoms with Crippen LogP contribution in [0.15, 0.2) is 53.3 Å². The Hall–Kier alpha value is -2.47. The van der Waals surface area contributed by atoms with Gasteiger partial charge in [0, 0.05) is 18.1 Å². The number of aromatic nitrogens is 2. The monoisotopic (exact) mass is 372 g/mol. The van der Waals surface area contributed by atoms with E-state index in [4.69, 9.17) is 17.0 Å². The Bertz CT molecular complexity index is 884. The molecule has 5 nitrogen and oxygen atoms in total. The molecule has 1 atom stereocenters. The van der Waals surface area contributed by atoms with Crippen LogP contribution in [0.25, 0.3) is 11.3 Å². The largest absolute Gasteiger partial charge is 0.438 e. The van der Waals surface area contributed by atoms with Crippen molar-refractivity contribution in [2.45, 2.75) is 45.8 Å². The topological polar surface area (TPSA) is 64.1 Å². The molecule has 0 amide bonds. The van der Waals surface area contributed by atoms with Crippen LogP contribution in [0.4, 0.5) is 0 Å². The standard InChI is InChI=1S/C20H24N2O3S/c1-4-5-7-12-18(25-19(24)14(2)3)22-16(13-17(23)21-20(22)26)15-10-8-6-9-11-15/h6,8-11,13,18H,2,4-5,7,12H2,1,3H3,(H,21,23,26). The van der Waals surface area contributed by atoms with Crippen molar-refractivity contribution in [3.63, 3.8) is 0 Å². The molecule has 2 aromatic rings. The van der Waals surface area contributed by atoms with Gasteiger partial charge in [-0.3, -0.25) is 14.3 Å². The number of nitrogens with zero attached hydrogens (tertiary/aromatic N) is 1. The normalized spacial score (nSPS) is 11.8. The Kier molecular flexibility index (Phi) is 7.09. The summed E-state index contributed by atoms with van der Waals surface area (Å²) in [5.41, 5.74) is 1.48. The average Bonchev–Trinajstić information content (AvgIpc) is 2.61. The van der Waals surface area contributed by atoms with Crippen LogP contribution in [0, 0.1) is 4.77 Å². The Morgan fingerprint density at radius 2 is 2.00 bits per heavy atom. The Morgan fingerprint density at radius 3 is 2.62 bits per heavy atom. The summed E-state index contributed by atoms with van der Waals surface area (Å²) >= 11 is 5.39. The lowest BCUT2D eigenvalue weighted by Gasteiger charge is -2.24. The number of hydrogen-bond donors (Lipinski definition) is 1. The van der Waals surface area contributed by atoms with Gasteiger partial charge in [-0.15, -0.1) is 0 Å². The zero-order chi connectivity index (χ0) is 19.1. The number of unbranched alkanes of at least 4 members (excludes halogenated alkanes) is 2. The van der Waals surface area contributed by atoms with Gasteiger partial charge in [-0.05, 0) is 31.1 Å². The maximum atomic E-state index is 12.1. The van der Waals surface area contributed by atoms with Crippen molar-refractivity contribution in [3.05, 3.63) is 63.7 Å². The van der Waals surface area contributed by atoms with Gasteiger partial charge in [0.05, 0.1) is 5.69 Å². The fourth-order valence-electron chi connectivity index (χ4n) is 2.66. The summed E-state index contributed by atoms with van der Waals surface area (Å²) < 4.78 is 7.60. The summed E-state index contributed by atoms with van der Waals surface area (Å²) in [4.78, 5) is 26.8. The predicted octanol–water partition coefficient (Wildman–Crippen LogP) is 4.77. The van der Waals surface area contributed by atoms with Gasteiger partial charge in [-0.25, -0.2) is 4.79 Å². The average molecular weight is 372 g/mol. The highest BCUT2D eigenvalue weighted by molar-refractivity contribution is 7.71. The molecule has 1 aromatic heterocycles. The van der Waals surface area contributed by atoms with Crippen LogP contribution in [0.1, 0.15) is 45.8 Å². The molecule has 6 heteroatoms. The molecule has 0 aliphatic rings. The number of esters is 1. The number of carbonyl (C=O) groups is 1. The number of ether oxygens (including phenoxy) is 1. The Balaban J connectivity index is 2.55. The van der Waals surface area contributed by atoms with Gasteiger partial charge in [0.1, 0.15) is 0 Å². The van der Waals surface area contributed by atoms with Crippen molar-refractivity contribution in [2.24, 2.45) is 0 Å². The van der Waals surface area contributed by atoms with Crippen LogP contribution >= 0.6 is 12.2 Å². The highest BCUT2D eigenvalue weighted by Crippen LogP contribution is 2.26. The Morgan fingerprint density at radius 1 is 1.31 bits per heavy atom. The lowest BCUT2D eigenvalue weighted by molar-refractivity contribution is -0.149. The predicted molar refractivity (Wildman–Crippen MR) is 105 cm³/mol. The number of rotatable bonds is 8. The van der Waals surface area contributed by atoms with Crippen molar-refractivity contribution in [1.29, 1.82) is 0 Å². The van der Waals surface area contributed by atoms with Crippen LogP contribution in [0.5, 0.6) is 0 Å². The second-order valence-electron chi connectivity index (χ2n) is 6.20. The molecule has 0 aliphatic heterocycles. The lowest BCUT2D eigenvalue weighted by Crippen LogP contribution is -2.23. The first kappa shape index (κ1) is 19.8. The van der Waals surface area contributed by atoms with Crippen LogP contribution in [-0.4, -0.2) is 15.5 Å². The van der Waals surface area contributed by atoms with Crippen molar-refractivity contribution in [2.75, 3.05) is 0 Å². The number of benzene rings is 1. The SMILES string of the molecule is C=C(C)C(=O)OC(CCCCC)n1c(-c2ccccc2)cc(=O)[nH]c1=S. The highest BCUT2D eigenvalue weighted by atomic mass is 32.1. The molecule has 0 spiro atoms. The van der Waals surface area contributed by atoms with E-state index >= 15 is 0 Å². The second-order valence-corrected chi connectivity index (χ2v) is 6.58. The molecule has 0 saturated heterocycles. The van der Waals surface area contributed by atoms with Gasteiger partial charge < -0.3 is 4.74 Å². The van der Waals surface area contributed by atoms with Crippen LogP contribution in [0.2, 0.25) is 0 Å². The molecule has 0 bridgehead atoms. The van der Waals surface area contributed by atoms with E-state index in [9.17, 15) is 9.59 Å². The molecule has 0 aliphatic carbocycles. The molecule has 1 aromatic carbocycles. The van der Waals surface area contributed by atoms with E-state index in [0.717, 1.165) is 24.8 Å². The molecular formula is C20H24N2O3S. The summed E-state index contributed by atoms with van der Waals surface area (Å²) in [6.07, 6.45) is 2.93. The van der Waals surface area contributed by atoms with E-state index in [-0.39, 0.29) is 10.3 Å². The van der Waals surface area contributed by atoms with Crippen LogP contribution in [-0.2, 0) is 9.53 Å². The third-order valence-corrected chi connectivity index (χ3v) is 4.28. The molecule has 0 fully saturated rings. The molecule has 1 N–H and O–H groups in total. The number of carbonyl (C=O) groups excluding carboxylic acids is 1. The van der Waals surface area contributed by atoms with E-state index in [1.54, 1.807) is 11.5 Å². The first-order chi connectivity index (χ1) is 12.4. The van der Waals surface area contributed by atoms with E-state index in [1.165, 1.54) is 6.07 Å². The van der Waals surface area contributed by atoms with Crippen molar-refractivity contribution >= 4 is 18.2 Å². The number of nitrogens with one attached hydrogen (secondary N) is 1. The first-order valence-corrected chi connectivity index (χ1v) is 9.12. The molecule has 1 unspecified atom stereocenters. The van der Waals surface area contributed by atoms with Gasteiger partial charge in [0.25, 0.3) is 5.56 Å².